The van der Waals surface area contributed by atoms with Gasteiger partial charge in [0.15, 0.2) is 0 Å². The fraction of sp³-hybridized carbons (Fsp3) is 0.167. The number of carbonyl (C=O) groups is 2. The summed E-state index contributed by atoms with van der Waals surface area (Å²) in [7, 11) is 2.97. The zero-order valence-corrected chi connectivity index (χ0v) is 16.4. The molecule has 0 aromatic heterocycles. The molecule has 0 saturated heterocycles. The number of esters is 1. The van der Waals surface area contributed by atoms with E-state index in [1.165, 1.54) is 13.2 Å². The maximum atomic E-state index is 12.5. The van der Waals surface area contributed by atoms with Crippen molar-refractivity contribution in [3.05, 3.63) is 83.9 Å². The number of carbonyl (C=O) groups excluding carboxylic acids is 2. The largest absolute Gasteiger partial charge is 0.497 e. The van der Waals surface area contributed by atoms with Crippen LogP contribution in [0.5, 0.6) is 5.75 Å². The first-order valence-corrected chi connectivity index (χ1v) is 9.27. The van der Waals surface area contributed by atoms with Crippen LogP contribution in [0.15, 0.2) is 72.8 Å². The van der Waals surface area contributed by atoms with Gasteiger partial charge in [-0.15, -0.1) is 0 Å². The van der Waals surface area contributed by atoms with Gasteiger partial charge in [0.05, 0.1) is 26.7 Å². The molecule has 148 valence electrons. The second-order valence-electron chi connectivity index (χ2n) is 6.56. The molecule has 0 fully saturated rings. The zero-order valence-electron chi connectivity index (χ0n) is 16.4. The molecule has 1 unspecified atom stereocenters. The first kappa shape index (κ1) is 20.1. The summed E-state index contributed by atoms with van der Waals surface area (Å²) in [5, 5.41) is 5.00. The van der Waals surface area contributed by atoms with Gasteiger partial charge in [0.25, 0.3) is 0 Å². The van der Waals surface area contributed by atoms with E-state index in [9.17, 15) is 9.59 Å². The summed E-state index contributed by atoms with van der Waals surface area (Å²) >= 11 is 0. The van der Waals surface area contributed by atoms with Crippen molar-refractivity contribution >= 4 is 28.7 Å². The number of rotatable bonds is 7. The van der Waals surface area contributed by atoms with Crippen LogP contribution in [0, 0.1) is 0 Å². The molecule has 3 rings (SSSR count). The second kappa shape index (κ2) is 9.55. The lowest BCUT2D eigenvalue weighted by Gasteiger charge is -2.17. The van der Waals surface area contributed by atoms with Gasteiger partial charge in [0.2, 0.25) is 5.91 Å². The average Bonchev–Trinajstić information content (AvgIpc) is 2.77. The van der Waals surface area contributed by atoms with Gasteiger partial charge in [-0.05, 0) is 46.2 Å². The number of nitrogens with one attached hydrogen (secondary N) is 1. The molecule has 0 spiro atoms. The van der Waals surface area contributed by atoms with Crippen LogP contribution in [-0.2, 0) is 14.3 Å². The highest BCUT2D eigenvalue weighted by Gasteiger charge is 2.17. The molecule has 0 radical (unpaired) electrons. The van der Waals surface area contributed by atoms with Gasteiger partial charge in [0.1, 0.15) is 5.75 Å². The Kier molecular flexibility index (Phi) is 6.63. The number of fused-ring (bicyclic) bond motifs is 1. The normalized spacial score (nSPS) is 11.9. The lowest BCUT2D eigenvalue weighted by Crippen LogP contribution is -2.29. The summed E-state index contributed by atoms with van der Waals surface area (Å²) in [6, 6.07) is 20.7. The molecule has 5 heteroatoms. The summed E-state index contributed by atoms with van der Waals surface area (Å²) in [5.74, 6) is 0.142. The van der Waals surface area contributed by atoms with E-state index in [-0.39, 0.29) is 18.3 Å². The Morgan fingerprint density at radius 3 is 2.41 bits per heavy atom. The summed E-state index contributed by atoms with van der Waals surface area (Å²) in [6.07, 6.45) is 3.29. The smallest absolute Gasteiger partial charge is 0.307 e. The van der Waals surface area contributed by atoms with Gasteiger partial charge in [-0.2, -0.15) is 0 Å². The van der Waals surface area contributed by atoms with E-state index in [1.807, 2.05) is 66.7 Å². The minimum atomic E-state index is -0.454. The van der Waals surface area contributed by atoms with Crippen molar-refractivity contribution in [2.24, 2.45) is 0 Å². The summed E-state index contributed by atoms with van der Waals surface area (Å²) in [5.41, 5.74) is 1.75. The maximum absolute atomic E-state index is 12.5. The van der Waals surface area contributed by atoms with Crippen molar-refractivity contribution in [3.63, 3.8) is 0 Å². The Morgan fingerprint density at radius 1 is 0.966 bits per heavy atom. The number of hydrogen-bond acceptors (Lipinski definition) is 4. The van der Waals surface area contributed by atoms with Crippen LogP contribution in [0.2, 0.25) is 0 Å². The molecule has 0 aliphatic heterocycles. The lowest BCUT2D eigenvalue weighted by molar-refractivity contribution is -0.141. The van der Waals surface area contributed by atoms with Gasteiger partial charge < -0.3 is 14.8 Å². The molecular formula is C24H23NO4. The fourth-order valence-corrected chi connectivity index (χ4v) is 3.05. The van der Waals surface area contributed by atoms with E-state index in [1.54, 1.807) is 13.2 Å². The molecule has 0 heterocycles. The van der Waals surface area contributed by atoms with Crippen LogP contribution in [0.3, 0.4) is 0 Å². The van der Waals surface area contributed by atoms with Gasteiger partial charge in [0, 0.05) is 6.08 Å². The minimum absolute atomic E-state index is 0.0674. The third-order valence-electron chi connectivity index (χ3n) is 4.62. The van der Waals surface area contributed by atoms with Crippen LogP contribution in [0.25, 0.3) is 16.8 Å². The Balaban J connectivity index is 1.72. The van der Waals surface area contributed by atoms with E-state index in [0.717, 1.165) is 27.6 Å². The fourth-order valence-electron chi connectivity index (χ4n) is 3.05. The first-order valence-electron chi connectivity index (χ1n) is 9.27. The summed E-state index contributed by atoms with van der Waals surface area (Å²) < 4.78 is 9.99. The molecule has 0 aliphatic rings. The van der Waals surface area contributed by atoms with Gasteiger partial charge in [-0.3, -0.25) is 9.59 Å². The Bertz CT molecular complexity index is 1030. The van der Waals surface area contributed by atoms with E-state index < -0.39 is 6.04 Å². The van der Waals surface area contributed by atoms with E-state index in [4.69, 9.17) is 9.47 Å². The number of benzene rings is 3. The predicted molar refractivity (Wildman–Crippen MR) is 113 cm³/mol. The SMILES string of the molecule is COC(=O)CC(NC(=O)/C=C/c1ccc2cc(OC)ccc2c1)c1ccccc1. The van der Waals surface area contributed by atoms with Gasteiger partial charge in [-0.1, -0.05) is 48.5 Å². The van der Waals surface area contributed by atoms with Crippen molar-refractivity contribution in [1.29, 1.82) is 0 Å². The van der Waals surface area contributed by atoms with E-state index in [2.05, 4.69) is 5.32 Å². The highest BCUT2D eigenvalue weighted by atomic mass is 16.5. The highest BCUT2D eigenvalue weighted by molar-refractivity contribution is 5.93. The minimum Gasteiger partial charge on any atom is -0.497 e. The molecule has 3 aromatic rings. The Labute approximate surface area is 170 Å². The van der Waals surface area contributed by atoms with Gasteiger partial charge in [-0.25, -0.2) is 0 Å². The van der Waals surface area contributed by atoms with Crippen molar-refractivity contribution < 1.29 is 19.1 Å². The van der Waals surface area contributed by atoms with Crippen LogP contribution >= 0.6 is 0 Å². The molecule has 0 bridgehead atoms. The topological polar surface area (TPSA) is 64.6 Å². The highest BCUT2D eigenvalue weighted by Crippen LogP contribution is 2.22. The molecule has 0 saturated carbocycles. The second-order valence-corrected chi connectivity index (χ2v) is 6.56. The number of hydrogen-bond donors (Lipinski definition) is 1. The summed E-state index contributed by atoms with van der Waals surface area (Å²) in [6.45, 7) is 0. The quantitative estimate of drug-likeness (QED) is 0.484. The molecule has 0 aliphatic carbocycles. The van der Waals surface area contributed by atoms with Crippen molar-refractivity contribution in [2.75, 3.05) is 14.2 Å². The molecule has 1 N–H and O–H groups in total. The molecule has 29 heavy (non-hydrogen) atoms. The third kappa shape index (κ3) is 5.45. The predicted octanol–water partition coefficient (Wildman–Crippen LogP) is 4.28. The molecule has 5 nitrogen and oxygen atoms in total. The van der Waals surface area contributed by atoms with Crippen molar-refractivity contribution in [3.8, 4) is 5.75 Å². The first-order chi connectivity index (χ1) is 14.1. The van der Waals surface area contributed by atoms with Crippen LogP contribution in [-0.4, -0.2) is 26.1 Å². The van der Waals surface area contributed by atoms with Crippen LogP contribution < -0.4 is 10.1 Å². The number of amides is 1. The van der Waals surface area contributed by atoms with Gasteiger partial charge >= 0.3 is 5.97 Å². The number of ether oxygens (including phenoxy) is 2. The number of methoxy groups -OCH3 is 2. The zero-order chi connectivity index (χ0) is 20.6. The summed E-state index contributed by atoms with van der Waals surface area (Å²) in [4.78, 5) is 24.2. The molecule has 1 atom stereocenters. The standard InChI is InChI=1S/C24H23NO4/c1-28-21-12-11-19-14-17(8-10-20(19)15-21)9-13-23(26)25-22(16-24(27)29-2)18-6-4-3-5-7-18/h3-15,22H,16H2,1-2H3,(H,25,26)/b13-9+. The molecule has 1 amide bonds. The van der Waals surface area contributed by atoms with Crippen molar-refractivity contribution in [2.45, 2.75) is 12.5 Å². The molecule has 3 aromatic carbocycles. The maximum Gasteiger partial charge on any atom is 0.307 e. The monoisotopic (exact) mass is 389 g/mol. The van der Waals surface area contributed by atoms with Crippen LogP contribution in [0.1, 0.15) is 23.6 Å². The Hall–Kier alpha value is -3.60. The van der Waals surface area contributed by atoms with Crippen molar-refractivity contribution in [1.82, 2.24) is 5.32 Å². The lowest BCUT2D eigenvalue weighted by atomic mass is 10.0. The van der Waals surface area contributed by atoms with Crippen LogP contribution in [0.4, 0.5) is 0 Å². The average molecular weight is 389 g/mol. The molecular weight excluding hydrogens is 366 g/mol. The third-order valence-corrected chi connectivity index (χ3v) is 4.62. The van der Waals surface area contributed by atoms with E-state index >= 15 is 0 Å². The van der Waals surface area contributed by atoms with E-state index in [0.29, 0.717) is 0 Å². The Morgan fingerprint density at radius 2 is 1.69 bits per heavy atom.